The fourth-order valence-electron chi connectivity index (χ4n) is 19.8. The Morgan fingerprint density at radius 3 is 2.18 bits per heavy atom. The van der Waals surface area contributed by atoms with Crippen LogP contribution in [0.2, 0.25) is 42.8 Å². The summed E-state index contributed by atoms with van der Waals surface area (Å²) in [7, 11) is 0. The summed E-state index contributed by atoms with van der Waals surface area (Å²) in [6, 6.07) is 20.0. The van der Waals surface area contributed by atoms with E-state index in [0.29, 0.717) is 10.1 Å². The van der Waals surface area contributed by atoms with Gasteiger partial charge in [-0.05, 0) is 0 Å². The Labute approximate surface area is 154 Å². The third-order valence-corrected chi connectivity index (χ3v) is 60.6. The molecule has 10 heterocycles. The molecule has 10 fully saturated rings. The fourth-order valence-corrected chi connectivity index (χ4v) is 95.6. The number of rotatable bonds is 4. The van der Waals surface area contributed by atoms with Crippen LogP contribution in [0.25, 0.3) is 6.08 Å². The molecule has 1 nitrogen and oxygen atoms in total. The fraction of sp³-hybridized carbons (Fsp3) is 0.423. The van der Waals surface area contributed by atoms with E-state index in [9.17, 15) is 4.79 Å². The minimum atomic E-state index is -3.75. The second-order valence-electron chi connectivity index (χ2n) is 13.8. The third-order valence-electron chi connectivity index (χ3n) is 17.9. The maximum atomic E-state index is 14.0. The first-order valence-corrected chi connectivity index (χ1v) is 17.2. The summed E-state index contributed by atoms with van der Waals surface area (Å²) in [5.74, 6) is 0.606. The van der Waals surface area contributed by atoms with Gasteiger partial charge >= 0.3 is 155 Å². The molecule has 1 spiro atoms. The van der Waals surface area contributed by atoms with E-state index in [2.05, 4.69) is 67.6 Å². The summed E-state index contributed by atoms with van der Waals surface area (Å²) in [6.07, 6.45) is 4.16. The van der Waals surface area contributed by atoms with E-state index < -0.39 is 6.51 Å². The van der Waals surface area contributed by atoms with Crippen molar-refractivity contribution in [1.29, 1.82) is 0 Å². The first-order chi connectivity index (χ1) is 13.4. The van der Waals surface area contributed by atoms with Gasteiger partial charge in [-0.25, -0.2) is 0 Å². The van der Waals surface area contributed by atoms with Crippen LogP contribution in [0, 0.1) is 6.92 Å². The maximum absolute atomic E-state index is 14.0. The van der Waals surface area contributed by atoms with Crippen molar-refractivity contribution in [2.24, 2.45) is 0 Å². The minimum absolute atomic E-state index is 0.267. The molecular formula is C26H22FeO. The molecule has 0 amide bonds. The number of benzene rings is 2. The number of ketones is 1. The number of fused-ring (bicyclic) bond motifs is 10. The van der Waals surface area contributed by atoms with Crippen LogP contribution in [0.1, 0.15) is 16.7 Å². The van der Waals surface area contributed by atoms with Crippen LogP contribution in [0.15, 0.2) is 60.7 Å². The molecular weight excluding hydrogens is 384 g/mol. The van der Waals surface area contributed by atoms with Crippen LogP contribution < -0.4 is 0 Å². The Balaban J connectivity index is 1.16. The van der Waals surface area contributed by atoms with E-state index in [-0.39, 0.29) is 4.31 Å². The van der Waals surface area contributed by atoms with E-state index in [4.69, 9.17) is 0 Å². The molecule has 8 unspecified atom stereocenters. The molecule has 0 N–H and O–H groups in total. The average molecular weight is 406 g/mol. The molecule has 0 saturated carbocycles. The van der Waals surface area contributed by atoms with Crippen LogP contribution in [0.3, 0.4) is 0 Å². The Kier molecular flexibility index (Phi) is 0.624. The Hall–Kier alpha value is -1.63. The van der Waals surface area contributed by atoms with Crippen LogP contribution in [0.5, 0.6) is 0 Å². The van der Waals surface area contributed by atoms with Crippen molar-refractivity contribution in [3.05, 3.63) is 77.4 Å². The van der Waals surface area contributed by atoms with Gasteiger partial charge in [0.15, 0.2) is 0 Å². The molecule has 10 aliphatic rings. The van der Waals surface area contributed by atoms with E-state index in [0.717, 1.165) is 38.5 Å². The van der Waals surface area contributed by atoms with Crippen LogP contribution in [0.4, 0.5) is 0 Å². The molecule has 8 atom stereocenters. The van der Waals surface area contributed by atoms with Crippen molar-refractivity contribution in [3.8, 4) is 0 Å². The second kappa shape index (κ2) is 1.44. The van der Waals surface area contributed by atoms with Gasteiger partial charge in [0.2, 0.25) is 0 Å². The summed E-state index contributed by atoms with van der Waals surface area (Å²) in [5, 5.41) is 0. The normalized spacial score (nSPS) is 79.6. The first-order valence-electron chi connectivity index (χ1n) is 11.0. The molecule has 2 aromatic rings. The van der Waals surface area contributed by atoms with Gasteiger partial charge in [0.1, 0.15) is 0 Å². The van der Waals surface area contributed by atoms with E-state index in [1.54, 1.807) is 5.56 Å². The number of hydrogen-bond donors (Lipinski definition) is 0. The monoisotopic (exact) mass is 406 g/mol. The molecule has 2 heteroatoms. The van der Waals surface area contributed by atoms with Crippen molar-refractivity contribution < 1.29 is 11.3 Å². The zero-order chi connectivity index (χ0) is 18.0. The molecule has 12 rings (SSSR count). The number of hydrogen-bond acceptors (Lipinski definition) is 1. The van der Waals surface area contributed by atoms with Crippen molar-refractivity contribution in [2.45, 2.75) is 54.1 Å². The van der Waals surface area contributed by atoms with Gasteiger partial charge in [0.05, 0.1) is 0 Å². The molecule has 140 valence electrons. The van der Waals surface area contributed by atoms with Crippen LogP contribution in [-0.2, 0) is 15.6 Å². The van der Waals surface area contributed by atoms with Gasteiger partial charge in [-0.15, -0.1) is 0 Å². The zero-order valence-corrected chi connectivity index (χ0v) is 16.8. The molecule has 0 bridgehead atoms. The van der Waals surface area contributed by atoms with Crippen molar-refractivity contribution in [1.82, 2.24) is 0 Å². The standard InChI is InChI=1S/C14H11O.C12H11.Fe/c15-14(13-8-4-5-9-13)11-10-12-6-2-1-3-7-12;1-10-5-4-8-12(9-10)11-6-2-3-7-11;/h1-11H;2-9H,1H3;. The molecule has 2 aromatic carbocycles. The Morgan fingerprint density at radius 2 is 1.57 bits per heavy atom. The number of aryl methyl sites for hydroxylation is 1. The quantitative estimate of drug-likeness (QED) is 0.422. The van der Waals surface area contributed by atoms with Crippen molar-refractivity contribution in [2.75, 3.05) is 0 Å². The summed E-state index contributed by atoms with van der Waals surface area (Å²) < 4.78 is 0.889. The number of carbonyl (C=O) groups is 1. The molecule has 28 heavy (non-hydrogen) atoms. The molecule has 10 aliphatic heterocycles. The Morgan fingerprint density at radius 1 is 0.893 bits per heavy atom. The van der Waals surface area contributed by atoms with Gasteiger partial charge < -0.3 is 0 Å². The van der Waals surface area contributed by atoms with Crippen LogP contribution >= 0.6 is 0 Å². The average Bonchev–Trinajstić information content (AvgIpc) is 3.66. The summed E-state index contributed by atoms with van der Waals surface area (Å²) >= 11 is 0. The zero-order valence-electron chi connectivity index (χ0n) is 15.7. The van der Waals surface area contributed by atoms with E-state index in [1.165, 1.54) is 11.1 Å². The summed E-state index contributed by atoms with van der Waals surface area (Å²) in [5.41, 5.74) is 4.33. The second-order valence-corrected chi connectivity index (χ2v) is 37.0. The van der Waals surface area contributed by atoms with Gasteiger partial charge in [-0.2, -0.15) is 0 Å². The third kappa shape index (κ3) is 0.198. The summed E-state index contributed by atoms with van der Waals surface area (Å²) in [4.78, 5) is 22.6. The van der Waals surface area contributed by atoms with Gasteiger partial charge in [0, 0.05) is 0 Å². The first kappa shape index (κ1) is 12.2. The van der Waals surface area contributed by atoms with Crippen molar-refractivity contribution in [3.63, 3.8) is 0 Å². The molecule has 0 aliphatic carbocycles. The topological polar surface area (TPSA) is 17.1 Å². The van der Waals surface area contributed by atoms with E-state index in [1.807, 2.05) is 6.08 Å². The number of allylic oxidation sites excluding steroid dienone is 1. The van der Waals surface area contributed by atoms with Crippen molar-refractivity contribution >= 4 is 11.9 Å². The van der Waals surface area contributed by atoms with Gasteiger partial charge in [0.25, 0.3) is 0 Å². The number of carbonyl (C=O) groups excluding carboxylic acids is 1. The molecule has 10 saturated heterocycles. The van der Waals surface area contributed by atoms with E-state index >= 15 is 0 Å². The Bertz CT molecular complexity index is 1700. The van der Waals surface area contributed by atoms with Gasteiger partial charge in [-0.3, -0.25) is 0 Å². The molecule has 0 aromatic heterocycles. The predicted octanol–water partition coefficient (Wildman–Crippen LogP) is 6.44. The molecule has 0 radical (unpaired) electrons. The van der Waals surface area contributed by atoms with Crippen LogP contribution in [-0.4, -0.2) is 5.78 Å². The predicted molar refractivity (Wildman–Crippen MR) is 106 cm³/mol. The SMILES string of the molecule is Cc1cccc([C]23[CH]4[CH]5[CH]6[CH]2[Fe]56432789[CH]3[CH]2[CH]7[C]8(C(=O)C=Cc2ccccc2)[CH]39)c1. The summed E-state index contributed by atoms with van der Waals surface area (Å²) in [6.45, 7) is -1.49. The van der Waals surface area contributed by atoms with Gasteiger partial charge in [-0.1, -0.05) is 0 Å².